The maximum absolute atomic E-state index is 13.4. The average molecular weight is 527 g/mol. The zero-order valence-electron chi connectivity index (χ0n) is 21.8. The van der Waals surface area contributed by atoms with Crippen LogP contribution in [0.2, 0.25) is 0 Å². The largest absolute Gasteiger partial charge is 0.481 e. The first-order valence-electron chi connectivity index (χ1n) is 14.3. The molecule has 0 aromatic heterocycles. The van der Waals surface area contributed by atoms with Crippen LogP contribution in [0.25, 0.3) is 0 Å². The van der Waals surface area contributed by atoms with Crippen LogP contribution in [0.15, 0.2) is 25.3 Å². The maximum atomic E-state index is 13.4. The fourth-order valence-corrected chi connectivity index (χ4v) is 10.3. The summed E-state index contributed by atoms with van der Waals surface area (Å²) in [5.41, 5.74) is -1.60. The van der Waals surface area contributed by atoms with Crippen LogP contribution in [-0.4, -0.2) is 46.3 Å². The van der Waals surface area contributed by atoms with Crippen molar-refractivity contribution in [2.75, 3.05) is 0 Å². The molecule has 8 bridgehead atoms. The van der Waals surface area contributed by atoms with Gasteiger partial charge in [-0.2, -0.15) is 0 Å². The van der Waals surface area contributed by atoms with Crippen LogP contribution in [-0.2, 0) is 33.4 Å². The summed E-state index contributed by atoms with van der Waals surface area (Å²) >= 11 is 0. The molecule has 8 heteroatoms. The van der Waals surface area contributed by atoms with Crippen molar-refractivity contribution in [2.24, 2.45) is 47.3 Å². The van der Waals surface area contributed by atoms with Crippen molar-refractivity contribution < 1.29 is 38.5 Å². The van der Waals surface area contributed by atoms with Crippen molar-refractivity contribution >= 4 is 23.9 Å². The molecular formula is C30H38O8. The van der Waals surface area contributed by atoms with Crippen LogP contribution in [0.5, 0.6) is 0 Å². The van der Waals surface area contributed by atoms with Gasteiger partial charge in [-0.05, 0) is 87.4 Å². The maximum Gasteiger partial charge on any atom is 0.330 e. The minimum atomic E-state index is -1.01. The highest BCUT2D eigenvalue weighted by atomic mass is 16.6. The van der Waals surface area contributed by atoms with E-state index >= 15 is 0 Å². The number of carboxylic acids is 1. The molecule has 206 valence electrons. The minimum Gasteiger partial charge on any atom is -0.481 e. The molecule has 38 heavy (non-hydrogen) atoms. The molecule has 8 rings (SSSR count). The molecule has 3 atom stereocenters. The molecule has 0 saturated heterocycles. The predicted octanol–water partition coefficient (Wildman–Crippen LogP) is 4.22. The Morgan fingerprint density at radius 1 is 0.789 bits per heavy atom. The summed E-state index contributed by atoms with van der Waals surface area (Å²) < 4.78 is 18.1. The Bertz CT molecular complexity index is 1020. The fraction of sp³-hybridized carbons (Fsp3) is 0.733. The number of aliphatic carboxylic acids is 1. The number of carbonyl (C=O) groups is 4. The second-order valence-electron chi connectivity index (χ2n) is 13.1. The van der Waals surface area contributed by atoms with E-state index in [-0.39, 0.29) is 54.5 Å². The van der Waals surface area contributed by atoms with Crippen molar-refractivity contribution in [3.8, 4) is 0 Å². The molecule has 0 spiro atoms. The van der Waals surface area contributed by atoms with E-state index < -0.39 is 29.1 Å². The summed E-state index contributed by atoms with van der Waals surface area (Å²) in [6.07, 6.45) is 9.92. The Labute approximate surface area is 223 Å². The van der Waals surface area contributed by atoms with Gasteiger partial charge in [-0.3, -0.25) is 9.59 Å². The number of hydrogen-bond acceptors (Lipinski definition) is 7. The molecule has 8 saturated carbocycles. The lowest BCUT2D eigenvalue weighted by molar-refractivity contribution is -0.236. The molecule has 8 aliphatic rings. The number of hydrogen-bond donors (Lipinski definition) is 1. The van der Waals surface area contributed by atoms with E-state index in [2.05, 4.69) is 13.2 Å². The van der Waals surface area contributed by atoms with E-state index in [0.29, 0.717) is 43.4 Å². The molecule has 0 aromatic carbocycles. The molecule has 0 aliphatic heterocycles. The Morgan fingerprint density at radius 3 is 1.87 bits per heavy atom. The van der Waals surface area contributed by atoms with Crippen molar-refractivity contribution in [3.63, 3.8) is 0 Å². The highest BCUT2D eigenvalue weighted by molar-refractivity contribution is 5.82. The minimum absolute atomic E-state index is 0.0231. The van der Waals surface area contributed by atoms with Gasteiger partial charge in [0.15, 0.2) is 0 Å². The third kappa shape index (κ3) is 4.10. The smallest absolute Gasteiger partial charge is 0.330 e. The molecule has 3 unspecified atom stereocenters. The van der Waals surface area contributed by atoms with E-state index in [9.17, 15) is 24.3 Å². The third-order valence-corrected chi connectivity index (χ3v) is 11.1. The van der Waals surface area contributed by atoms with Gasteiger partial charge in [-0.25, -0.2) is 9.59 Å². The number of esters is 3. The standard InChI is InChI=1S/C30H38O8/c1-3-25(33)37-29-13-16-5-17(14-29)7-18(6-16)23(29)12-27(35)36-28-19-8-21-10-20(28)11-22(9-19)30(21,15-24(31)32)38-26(34)4-2/h3-4,16-23,28H,1-2,5-15H2,(H,31,32). The summed E-state index contributed by atoms with van der Waals surface area (Å²) in [4.78, 5) is 49.7. The average Bonchev–Trinajstić information content (AvgIpc) is 2.84. The summed E-state index contributed by atoms with van der Waals surface area (Å²) in [6, 6.07) is 0. The Morgan fingerprint density at radius 2 is 1.34 bits per heavy atom. The quantitative estimate of drug-likeness (QED) is 0.270. The SMILES string of the molecule is C=CC(=O)OC12CC3CC(CC(C3)C1CC(=O)OC1C3CC4CC1CC(C3)C4(CC(=O)O)OC(=O)C=C)C2. The van der Waals surface area contributed by atoms with Crippen LogP contribution < -0.4 is 0 Å². The van der Waals surface area contributed by atoms with Gasteiger partial charge in [0.05, 0.1) is 12.8 Å². The van der Waals surface area contributed by atoms with Crippen LogP contribution in [0.1, 0.15) is 70.6 Å². The lowest BCUT2D eigenvalue weighted by atomic mass is 9.48. The fourth-order valence-electron chi connectivity index (χ4n) is 10.3. The second-order valence-corrected chi connectivity index (χ2v) is 13.1. The number of ether oxygens (including phenoxy) is 3. The Kier molecular flexibility index (Phi) is 6.23. The zero-order valence-corrected chi connectivity index (χ0v) is 21.8. The van der Waals surface area contributed by atoms with E-state index in [0.717, 1.165) is 31.8 Å². The summed E-state index contributed by atoms with van der Waals surface area (Å²) in [6.45, 7) is 7.07. The molecule has 0 heterocycles. The monoisotopic (exact) mass is 526 g/mol. The Balaban J connectivity index is 1.15. The summed E-state index contributed by atoms with van der Waals surface area (Å²) in [7, 11) is 0. The molecule has 0 aromatic rings. The van der Waals surface area contributed by atoms with Crippen molar-refractivity contribution in [1.29, 1.82) is 0 Å². The van der Waals surface area contributed by atoms with Gasteiger partial charge in [-0.1, -0.05) is 13.2 Å². The number of carbonyl (C=O) groups excluding carboxylic acids is 3. The molecular weight excluding hydrogens is 488 g/mol. The highest BCUT2D eigenvalue weighted by Crippen LogP contribution is 2.63. The molecule has 0 amide bonds. The van der Waals surface area contributed by atoms with Gasteiger partial charge in [0.2, 0.25) is 0 Å². The van der Waals surface area contributed by atoms with Crippen LogP contribution >= 0.6 is 0 Å². The van der Waals surface area contributed by atoms with Gasteiger partial charge in [0.25, 0.3) is 0 Å². The van der Waals surface area contributed by atoms with Crippen molar-refractivity contribution in [1.82, 2.24) is 0 Å². The van der Waals surface area contributed by atoms with E-state index in [1.165, 1.54) is 12.5 Å². The topological polar surface area (TPSA) is 116 Å². The summed E-state index contributed by atoms with van der Waals surface area (Å²) in [5.74, 6) is -0.567. The lowest BCUT2D eigenvalue weighted by Gasteiger charge is -2.62. The van der Waals surface area contributed by atoms with Crippen LogP contribution in [0, 0.1) is 47.3 Å². The number of rotatable bonds is 9. The zero-order chi connectivity index (χ0) is 26.8. The van der Waals surface area contributed by atoms with E-state index in [4.69, 9.17) is 14.2 Å². The van der Waals surface area contributed by atoms with Gasteiger partial charge in [-0.15, -0.1) is 0 Å². The predicted molar refractivity (Wildman–Crippen MR) is 134 cm³/mol. The van der Waals surface area contributed by atoms with Crippen molar-refractivity contribution in [3.05, 3.63) is 25.3 Å². The summed E-state index contributed by atoms with van der Waals surface area (Å²) in [5, 5.41) is 9.63. The first-order valence-corrected chi connectivity index (χ1v) is 14.3. The molecule has 1 N–H and O–H groups in total. The molecule has 8 fully saturated rings. The lowest BCUT2D eigenvalue weighted by Crippen LogP contribution is -2.64. The Hall–Kier alpha value is -2.64. The van der Waals surface area contributed by atoms with Crippen LogP contribution in [0.4, 0.5) is 0 Å². The van der Waals surface area contributed by atoms with Crippen LogP contribution in [0.3, 0.4) is 0 Å². The van der Waals surface area contributed by atoms with Gasteiger partial charge in [0, 0.05) is 29.9 Å². The van der Waals surface area contributed by atoms with E-state index in [1.54, 1.807) is 0 Å². The normalized spacial score (nSPS) is 45.3. The van der Waals surface area contributed by atoms with Gasteiger partial charge in [0.1, 0.15) is 17.3 Å². The molecule has 8 aliphatic carbocycles. The highest BCUT2D eigenvalue weighted by Gasteiger charge is 2.64. The van der Waals surface area contributed by atoms with Gasteiger partial charge >= 0.3 is 23.9 Å². The van der Waals surface area contributed by atoms with Crippen molar-refractivity contribution in [2.45, 2.75) is 87.9 Å². The van der Waals surface area contributed by atoms with E-state index in [1.807, 2.05) is 0 Å². The van der Waals surface area contributed by atoms with Gasteiger partial charge < -0.3 is 19.3 Å². The number of carboxylic acid groups (broad SMARTS) is 1. The first-order chi connectivity index (χ1) is 18.1. The molecule has 8 nitrogen and oxygen atoms in total. The second kappa shape index (κ2) is 9.23. The third-order valence-electron chi connectivity index (χ3n) is 11.1. The molecule has 0 radical (unpaired) electrons. The first kappa shape index (κ1) is 25.6.